The van der Waals surface area contributed by atoms with Crippen LogP contribution >= 0.6 is 50.7 Å². The Morgan fingerprint density at radius 2 is 1.70 bits per heavy atom. The molecule has 1 N–H and O–H groups in total. The van der Waals surface area contributed by atoms with Crippen LogP contribution in [0.25, 0.3) is 0 Å². The number of carbonyl (C=O) groups excluding carboxylic acids is 2. The molecule has 9 heteroatoms. The number of benzene rings is 2. The summed E-state index contributed by atoms with van der Waals surface area (Å²) in [6.45, 7) is 5.10. The molecule has 0 saturated carbocycles. The van der Waals surface area contributed by atoms with Crippen molar-refractivity contribution in [3.05, 3.63) is 61.5 Å². The van der Waals surface area contributed by atoms with Crippen LogP contribution in [-0.2, 0) is 16.1 Å². The number of carbonyl (C=O) groups is 2. The van der Waals surface area contributed by atoms with Crippen molar-refractivity contribution in [1.29, 1.82) is 0 Å². The van der Waals surface area contributed by atoms with Gasteiger partial charge in [0.25, 0.3) is 5.91 Å². The van der Waals surface area contributed by atoms with Crippen LogP contribution in [0.5, 0.6) is 5.75 Å². The maximum atomic E-state index is 13.0. The highest BCUT2D eigenvalue weighted by atomic mass is 79.9. The summed E-state index contributed by atoms with van der Waals surface area (Å²) in [6, 6.07) is 9.32. The molecule has 0 saturated heterocycles. The average molecular weight is 537 g/mol. The number of nitrogens with one attached hydrogen (secondary N) is 1. The van der Waals surface area contributed by atoms with Crippen LogP contribution in [0.3, 0.4) is 0 Å². The quantitative estimate of drug-likeness (QED) is 0.469. The lowest BCUT2D eigenvalue weighted by atomic mass is 10.1. The first kappa shape index (κ1) is 24.8. The van der Waals surface area contributed by atoms with E-state index in [1.807, 2.05) is 13.8 Å². The minimum atomic E-state index is -0.767. The summed E-state index contributed by atoms with van der Waals surface area (Å²) >= 11 is 22.0. The highest BCUT2D eigenvalue weighted by Crippen LogP contribution is 2.29. The van der Waals surface area contributed by atoms with Gasteiger partial charge in [0, 0.05) is 32.7 Å². The molecule has 162 valence electrons. The molecule has 0 aliphatic heterocycles. The fourth-order valence-electron chi connectivity index (χ4n) is 2.66. The number of ether oxygens (including phenoxy) is 1. The molecule has 0 aliphatic rings. The lowest BCUT2D eigenvalue weighted by Gasteiger charge is -2.30. The molecular weight excluding hydrogens is 515 g/mol. The van der Waals surface area contributed by atoms with Gasteiger partial charge in [0.1, 0.15) is 11.8 Å². The number of nitrogens with zero attached hydrogens (tertiary/aromatic N) is 1. The third-order valence-electron chi connectivity index (χ3n) is 4.23. The Kier molecular flexibility index (Phi) is 9.29. The van der Waals surface area contributed by atoms with E-state index in [1.54, 1.807) is 43.3 Å². The predicted molar refractivity (Wildman–Crippen MR) is 124 cm³/mol. The van der Waals surface area contributed by atoms with Gasteiger partial charge in [-0.1, -0.05) is 56.8 Å². The topological polar surface area (TPSA) is 58.6 Å². The van der Waals surface area contributed by atoms with E-state index >= 15 is 0 Å². The molecule has 5 nitrogen and oxygen atoms in total. The van der Waals surface area contributed by atoms with Gasteiger partial charge in [0.2, 0.25) is 5.91 Å². The zero-order valence-corrected chi connectivity index (χ0v) is 20.6. The summed E-state index contributed by atoms with van der Waals surface area (Å²) in [5, 5.41) is 4.00. The van der Waals surface area contributed by atoms with Gasteiger partial charge in [-0.25, -0.2) is 0 Å². The van der Waals surface area contributed by atoms with Crippen LogP contribution in [0.1, 0.15) is 26.3 Å². The first-order valence-corrected chi connectivity index (χ1v) is 11.1. The molecular formula is C21H22BrCl3N2O3. The molecule has 0 aliphatic carbocycles. The standard InChI is InChI=1S/C21H22BrCl3N2O3/c1-12(2)26-21(29)13(3)27(10-15-16(23)5-4-6-17(15)24)20(28)11-30-19-8-7-14(22)9-18(19)25/h4-9,12-13H,10-11H2,1-3H3,(H,26,29)/t13-/m1/s1. The molecule has 0 fully saturated rings. The van der Waals surface area contributed by atoms with E-state index in [-0.39, 0.29) is 25.1 Å². The maximum Gasteiger partial charge on any atom is 0.261 e. The van der Waals surface area contributed by atoms with E-state index in [4.69, 9.17) is 39.5 Å². The zero-order chi connectivity index (χ0) is 22.4. The van der Waals surface area contributed by atoms with Gasteiger partial charge in [-0.2, -0.15) is 0 Å². The molecule has 2 rings (SSSR count). The molecule has 0 unspecified atom stereocenters. The molecule has 0 aromatic heterocycles. The number of hydrogen-bond donors (Lipinski definition) is 1. The second kappa shape index (κ2) is 11.2. The van der Waals surface area contributed by atoms with Crippen LogP contribution in [-0.4, -0.2) is 35.4 Å². The van der Waals surface area contributed by atoms with E-state index in [1.165, 1.54) is 4.90 Å². The van der Waals surface area contributed by atoms with Crippen molar-refractivity contribution in [2.24, 2.45) is 0 Å². The van der Waals surface area contributed by atoms with Crippen molar-refractivity contribution < 1.29 is 14.3 Å². The van der Waals surface area contributed by atoms with Crippen molar-refractivity contribution >= 4 is 62.5 Å². The molecule has 0 bridgehead atoms. The highest BCUT2D eigenvalue weighted by Gasteiger charge is 2.28. The molecule has 0 radical (unpaired) electrons. The Balaban J connectivity index is 2.24. The first-order chi connectivity index (χ1) is 14.1. The second-order valence-corrected chi connectivity index (χ2v) is 9.06. The van der Waals surface area contributed by atoms with E-state index in [9.17, 15) is 9.59 Å². The van der Waals surface area contributed by atoms with Crippen LogP contribution in [0.4, 0.5) is 0 Å². The number of hydrogen-bond acceptors (Lipinski definition) is 3. The third-order valence-corrected chi connectivity index (χ3v) is 5.73. The molecule has 2 amide bonds. The third kappa shape index (κ3) is 6.77. The lowest BCUT2D eigenvalue weighted by Crippen LogP contribution is -2.50. The predicted octanol–water partition coefficient (Wildman–Crippen LogP) is 5.73. The minimum Gasteiger partial charge on any atom is -0.482 e. The van der Waals surface area contributed by atoms with E-state index in [0.717, 1.165) is 4.47 Å². The van der Waals surface area contributed by atoms with Gasteiger partial charge in [-0.15, -0.1) is 0 Å². The van der Waals surface area contributed by atoms with Crippen molar-refractivity contribution in [2.45, 2.75) is 39.4 Å². The highest BCUT2D eigenvalue weighted by molar-refractivity contribution is 9.10. The van der Waals surface area contributed by atoms with E-state index in [0.29, 0.717) is 26.4 Å². The normalized spacial score (nSPS) is 11.9. The van der Waals surface area contributed by atoms with Crippen LogP contribution in [0.15, 0.2) is 40.9 Å². The molecule has 2 aromatic carbocycles. The Bertz CT molecular complexity index is 904. The summed E-state index contributed by atoms with van der Waals surface area (Å²) in [5.74, 6) is -0.331. The largest absolute Gasteiger partial charge is 0.482 e. The van der Waals surface area contributed by atoms with Gasteiger partial charge < -0.3 is 15.0 Å². The average Bonchev–Trinajstić information content (AvgIpc) is 2.66. The summed E-state index contributed by atoms with van der Waals surface area (Å²) in [4.78, 5) is 27.0. The first-order valence-electron chi connectivity index (χ1n) is 9.20. The van der Waals surface area contributed by atoms with E-state index in [2.05, 4.69) is 21.2 Å². The van der Waals surface area contributed by atoms with Gasteiger partial charge >= 0.3 is 0 Å². The maximum absolute atomic E-state index is 13.0. The Labute approximate surface area is 199 Å². The summed E-state index contributed by atoms with van der Waals surface area (Å²) in [5.41, 5.74) is 0.556. The Hall–Kier alpha value is -1.47. The zero-order valence-electron chi connectivity index (χ0n) is 16.7. The van der Waals surface area contributed by atoms with Crippen molar-refractivity contribution in [3.8, 4) is 5.75 Å². The van der Waals surface area contributed by atoms with Gasteiger partial charge in [-0.05, 0) is 51.1 Å². The van der Waals surface area contributed by atoms with Gasteiger partial charge in [-0.3, -0.25) is 9.59 Å². The Morgan fingerprint density at radius 3 is 2.27 bits per heavy atom. The number of rotatable bonds is 8. The van der Waals surface area contributed by atoms with Crippen LogP contribution in [0.2, 0.25) is 15.1 Å². The minimum absolute atomic E-state index is 0.0570. The smallest absolute Gasteiger partial charge is 0.261 e. The summed E-state index contributed by atoms with van der Waals surface area (Å²) < 4.78 is 6.39. The van der Waals surface area contributed by atoms with Crippen molar-refractivity contribution in [1.82, 2.24) is 10.2 Å². The fourth-order valence-corrected chi connectivity index (χ4v) is 3.90. The van der Waals surface area contributed by atoms with Gasteiger partial charge in [0.15, 0.2) is 6.61 Å². The molecule has 1 atom stereocenters. The Morgan fingerprint density at radius 1 is 1.07 bits per heavy atom. The molecule has 0 spiro atoms. The molecule has 30 heavy (non-hydrogen) atoms. The van der Waals surface area contributed by atoms with Crippen LogP contribution in [0, 0.1) is 0 Å². The SMILES string of the molecule is CC(C)NC(=O)[C@@H](C)N(Cc1c(Cl)cccc1Cl)C(=O)COc1ccc(Br)cc1Cl. The van der Waals surface area contributed by atoms with Gasteiger partial charge in [0.05, 0.1) is 5.02 Å². The van der Waals surface area contributed by atoms with E-state index < -0.39 is 11.9 Å². The second-order valence-electron chi connectivity index (χ2n) is 6.92. The summed E-state index contributed by atoms with van der Waals surface area (Å²) in [7, 11) is 0. The van der Waals surface area contributed by atoms with Crippen molar-refractivity contribution in [3.63, 3.8) is 0 Å². The molecule has 2 aromatic rings. The summed E-state index contributed by atoms with van der Waals surface area (Å²) in [6.07, 6.45) is 0. The van der Waals surface area contributed by atoms with Crippen LogP contribution < -0.4 is 10.1 Å². The number of amides is 2. The lowest BCUT2D eigenvalue weighted by molar-refractivity contribution is -0.142. The monoisotopic (exact) mass is 534 g/mol. The fraction of sp³-hybridized carbons (Fsp3) is 0.333. The number of halogens is 4. The molecule has 0 heterocycles. The van der Waals surface area contributed by atoms with Crippen molar-refractivity contribution in [2.75, 3.05) is 6.61 Å².